The van der Waals surface area contributed by atoms with Crippen LogP contribution in [0.15, 0.2) is 18.2 Å². The molecule has 1 aromatic heterocycles. The Bertz CT molecular complexity index is 663. The van der Waals surface area contributed by atoms with Crippen LogP contribution in [-0.4, -0.2) is 15.7 Å². The van der Waals surface area contributed by atoms with Crippen molar-refractivity contribution in [2.75, 3.05) is 5.73 Å². The number of carbonyl (C=O) groups is 1. The van der Waals surface area contributed by atoms with E-state index >= 15 is 0 Å². The minimum absolute atomic E-state index is 0.368. The Labute approximate surface area is 122 Å². The van der Waals surface area contributed by atoms with Gasteiger partial charge in [-0.1, -0.05) is 25.4 Å². The minimum Gasteiger partial charge on any atom is -0.396 e. The van der Waals surface area contributed by atoms with Crippen LogP contribution in [0.1, 0.15) is 35.6 Å². The molecular formula is C14H17ClN4O. The molecule has 20 heavy (non-hydrogen) atoms. The lowest BCUT2D eigenvalue weighted by atomic mass is 10.2. The van der Waals surface area contributed by atoms with Crippen LogP contribution in [0.25, 0.3) is 5.69 Å². The molecule has 5 nitrogen and oxygen atoms in total. The summed E-state index contributed by atoms with van der Waals surface area (Å²) in [5.41, 5.74) is 14.8. The zero-order chi connectivity index (χ0) is 14.9. The van der Waals surface area contributed by atoms with E-state index in [0.29, 0.717) is 22.0 Å². The molecule has 0 atom stereocenters. The van der Waals surface area contributed by atoms with Crippen molar-refractivity contribution in [1.82, 2.24) is 9.78 Å². The minimum atomic E-state index is -0.511. The van der Waals surface area contributed by atoms with E-state index in [0.717, 1.165) is 24.2 Å². The van der Waals surface area contributed by atoms with Gasteiger partial charge in [0, 0.05) is 5.56 Å². The first-order valence-electron chi connectivity index (χ1n) is 6.45. The largest absolute Gasteiger partial charge is 0.396 e. The van der Waals surface area contributed by atoms with Gasteiger partial charge in [-0.25, -0.2) is 4.68 Å². The molecule has 2 aromatic rings. The molecule has 1 amide bonds. The van der Waals surface area contributed by atoms with Gasteiger partial charge in [0.05, 0.1) is 27.8 Å². The lowest BCUT2D eigenvalue weighted by molar-refractivity contribution is 0.100. The Morgan fingerprint density at radius 2 is 2.05 bits per heavy atom. The van der Waals surface area contributed by atoms with Gasteiger partial charge in [0.15, 0.2) is 0 Å². The summed E-state index contributed by atoms with van der Waals surface area (Å²) in [5.74, 6) is -0.511. The summed E-state index contributed by atoms with van der Waals surface area (Å²) < 4.78 is 1.74. The second-order valence-corrected chi connectivity index (χ2v) is 4.86. The summed E-state index contributed by atoms with van der Waals surface area (Å²) >= 11 is 6.23. The Kier molecular flexibility index (Phi) is 3.99. The van der Waals surface area contributed by atoms with Crippen LogP contribution in [-0.2, 0) is 12.8 Å². The number of nitrogens with two attached hydrogens (primary N) is 2. The maximum absolute atomic E-state index is 11.1. The highest BCUT2D eigenvalue weighted by molar-refractivity contribution is 6.32. The molecule has 6 heteroatoms. The van der Waals surface area contributed by atoms with Crippen LogP contribution in [0.4, 0.5) is 5.69 Å². The number of anilines is 1. The molecule has 0 unspecified atom stereocenters. The number of hydrogen-bond donors (Lipinski definition) is 2. The standard InChI is InChI=1S/C14H17ClN4O/c1-3-10-13(16)11(4-2)19(18-10)12-6-5-8(14(17)20)7-9(12)15/h5-7H,3-4,16H2,1-2H3,(H2,17,20). The van der Waals surface area contributed by atoms with E-state index in [1.54, 1.807) is 22.9 Å². The van der Waals surface area contributed by atoms with Crippen LogP contribution in [0.3, 0.4) is 0 Å². The zero-order valence-electron chi connectivity index (χ0n) is 11.5. The van der Waals surface area contributed by atoms with Gasteiger partial charge in [-0.3, -0.25) is 4.79 Å². The second kappa shape index (κ2) is 5.54. The summed E-state index contributed by atoms with van der Waals surface area (Å²) in [6.07, 6.45) is 1.50. The van der Waals surface area contributed by atoms with Crippen molar-refractivity contribution in [2.24, 2.45) is 5.73 Å². The SMILES string of the molecule is CCc1nn(-c2ccc(C(N)=O)cc2Cl)c(CC)c1N. The molecule has 1 heterocycles. The Hall–Kier alpha value is -2.01. The van der Waals surface area contributed by atoms with Crippen molar-refractivity contribution >= 4 is 23.2 Å². The monoisotopic (exact) mass is 292 g/mol. The Morgan fingerprint density at radius 1 is 1.35 bits per heavy atom. The van der Waals surface area contributed by atoms with Gasteiger partial charge in [0.2, 0.25) is 5.91 Å². The summed E-state index contributed by atoms with van der Waals surface area (Å²) in [7, 11) is 0. The van der Waals surface area contributed by atoms with Crippen molar-refractivity contribution in [3.8, 4) is 5.69 Å². The van der Waals surface area contributed by atoms with Crippen LogP contribution in [0, 0.1) is 0 Å². The smallest absolute Gasteiger partial charge is 0.248 e. The number of nitrogen functional groups attached to an aromatic ring is 1. The number of benzene rings is 1. The Morgan fingerprint density at radius 3 is 2.55 bits per heavy atom. The number of carbonyl (C=O) groups excluding carboxylic acids is 1. The average molecular weight is 293 g/mol. The predicted octanol–water partition coefficient (Wildman–Crippen LogP) is 2.33. The van der Waals surface area contributed by atoms with Gasteiger partial charge >= 0.3 is 0 Å². The van der Waals surface area contributed by atoms with E-state index in [4.69, 9.17) is 23.1 Å². The number of aromatic nitrogens is 2. The van der Waals surface area contributed by atoms with Crippen LogP contribution >= 0.6 is 11.6 Å². The van der Waals surface area contributed by atoms with Gasteiger partial charge in [0.1, 0.15) is 0 Å². The van der Waals surface area contributed by atoms with Crippen LogP contribution in [0.5, 0.6) is 0 Å². The van der Waals surface area contributed by atoms with E-state index in [2.05, 4.69) is 5.10 Å². The van der Waals surface area contributed by atoms with Gasteiger partial charge in [0.25, 0.3) is 0 Å². The Balaban J connectivity index is 2.59. The van der Waals surface area contributed by atoms with Gasteiger partial charge in [-0.2, -0.15) is 5.10 Å². The molecule has 0 radical (unpaired) electrons. The van der Waals surface area contributed by atoms with E-state index in [1.807, 2.05) is 13.8 Å². The highest BCUT2D eigenvalue weighted by Gasteiger charge is 2.16. The van der Waals surface area contributed by atoms with Crippen molar-refractivity contribution in [2.45, 2.75) is 26.7 Å². The molecule has 0 aliphatic carbocycles. The molecule has 0 saturated carbocycles. The number of hydrogen-bond acceptors (Lipinski definition) is 3. The predicted molar refractivity (Wildman–Crippen MR) is 80.3 cm³/mol. The molecule has 0 bridgehead atoms. The zero-order valence-corrected chi connectivity index (χ0v) is 12.2. The van der Waals surface area contributed by atoms with E-state index < -0.39 is 5.91 Å². The molecule has 0 spiro atoms. The van der Waals surface area contributed by atoms with E-state index in [1.165, 1.54) is 0 Å². The number of primary amides is 1. The van der Waals surface area contributed by atoms with Crippen LogP contribution in [0.2, 0.25) is 5.02 Å². The quantitative estimate of drug-likeness (QED) is 0.906. The maximum atomic E-state index is 11.1. The number of rotatable bonds is 4. The average Bonchev–Trinajstić information content (AvgIpc) is 2.74. The maximum Gasteiger partial charge on any atom is 0.248 e. The number of halogens is 1. The van der Waals surface area contributed by atoms with Gasteiger partial charge < -0.3 is 11.5 Å². The molecule has 1 aromatic carbocycles. The highest BCUT2D eigenvalue weighted by Crippen LogP contribution is 2.27. The second-order valence-electron chi connectivity index (χ2n) is 4.46. The molecule has 0 fully saturated rings. The number of amides is 1. The number of aryl methyl sites for hydroxylation is 1. The first-order chi connectivity index (χ1) is 9.49. The lowest BCUT2D eigenvalue weighted by Crippen LogP contribution is -2.11. The number of nitrogens with zero attached hydrogens (tertiary/aromatic N) is 2. The topological polar surface area (TPSA) is 86.9 Å². The van der Waals surface area contributed by atoms with E-state index in [9.17, 15) is 4.79 Å². The third kappa shape index (κ3) is 2.36. The van der Waals surface area contributed by atoms with Crippen LogP contribution < -0.4 is 11.5 Å². The molecule has 4 N–H and O–H groups in total. The molecule has 0 aliphatic rings. The summed E-state index contributed by atoms with van der Waals surface area (Å²) in [6, 6.07) is 4.90. The van der Waals surface area contributed by atoms with E-state index in [-0.39, 0.29) is 0 Å². The fourth-order valence-electron chi connectivity index (χ4n) is 2.15. The third-order valence-electron chi connectivity index (χ3n) is 3.23. The van der Waals surface area contributed by atoms with Gasteiger partial charge in [-0.05, 0) is 31.0 Å². The molecular weight excluding hydrogens is 276 g/mol. The third-order valence-corrected chi connectivity index (χ3v) is 3.53. The molecule has 0 saturated heterocycles. The fourth-order valence-corrected chi connectivity index (χ4v) is 2.41. The molecule has 106 valence electrons. The van der Waals surface area contributed by atoms with Crippen molar-refractivity contribution in [3.05, 3.63) is 40.2 Å². The summed E-state index contributed by atoms with van der Waals surface area (Å²) in [4.78, 5) is 11.1. The highest BCUT2D eigenvalue weighted by atomic mass is 35.5. The van der Waals surface area contributed by atoms with Crippen molar-refractivity contribution in [3.63, 3.8) is 0 Å². The first kappa shape index (κ1) is 14.4. The fraction of sp³-hybridized carbons (Fsp3) is 0.286. The summed E-state index contributed by atoms with van der Waals surface area (Å²) in [6.45, 7) is 4.01. The summed E-state index contributed by atoms with van der Waals surface area (Å²) in [5, 5.41) is 4.91. The first-order valence-corrected chi connectivity index (χ1v) is 6.83. The normalized spacial score (nSPS) is 10.8. The van der Waals surface area contributed by atoms with Crippen molar-refractivity contribution in [1.29, 1.82) is 0 Å². The molecule has 2 rings (SSSR count). The lowest BCUT2D eigenvalue weighted by Gasteiger charge is -2.09. The molecule has 0 aliphatic heterocycles. The van der Waals surface area contributed by atoms with Crippen molar-refractivity contribution < 1.29 is 4.79 Å². The van der Waals surface area contributed by atoms with Gasteiger partial charge in [-0.15, -0.1) is 0 Å².